The molecular weight excluding hydrogens is 376 g/mol. The Kier molecular flexibility index (Phi) is 4.93. The molecule has 1 aliphatic heterocycles. The molecule has 1 aliphatic rings. The first-order chi connectivity index (χ1) is 14.0. The number of fused-ring (bicyclic) bond motifs is 1. The van der Waals surface area contributed by atoms with Gasteiger partial charge in [0.25, 0.3) is 5.56 Å². The minimum atomic E-state index is -0.484. The van der Waals surface area contributed by atoms with Crippen molar-refractivity contribution in [1.29, 1.82) is 0 Å². The van der Waals surface area contributed by atoms with E-state index in [1.807, 2.05) is 24.3 Å². The second-order valence-electron chi connectivity index (χ2n) is 6.92. The number of imidazole rings is 1. The van der Waals surface area contributed by atoms with Crippen LogP contribution in [0.3, 0.4) is 0 Å². The van der Waals surface area contributed by atoms with Crippen LogP contribution < -0.4 is 21.5 Å². The molecule has 1 amide bonds. The summed E-state index contributed by atoms with van der Waals surface area (Å²) in [4.78, 5) is 43.6. The topological polar surface area (TPSA) is 103 Å². The SMILES string of the molecule is Cn1c(=O)c2c(ncn2CC(=O)Nc2ccccc2N2CCOCC2)n(C)c1=O. The summed E-state index contributed by atoms with van der Waals surface area (Å²) in [6, 6.07) is 7.59. The predicted octanol–water partition coefficient (Wildman–Crippen LogP) is -0.0910. The van der Waals surface area contributed by atoms with Gasteiger partial charge < -0.3 is 19.5 Å². The van der Waals surface area contributed by atoms with Crippen LogP contribution in [0.2, 0.25) is 0 Å². The van der Waals surface area contributed by atoms with E-state index in [1.54, 1.807) is 7.05 Å². The highest BCUT2D eigenvalue weighted by Crippen LogP contribution is 2.26. The quantitative estimate of drug-likeness (QED) is 0.659. The average Bonchev–Trinajstić information content (AvgIpc) is 3.15. The van der Waals surface area contributed by atoms with Crippen molar-refractivity contribution in [3.05, 3.63) is 51.4 Å². The molecule has 152 valence electrons. The first-order valence-electron chi connectivity index (χ1n) is 9.30. The van der Waals surface area contributed by atoms with Gasteiger partial charge in [0.1, 0.15) is 6.54 Å². The van der Waals surface area contributed by atoms with Crippen LogP contribution in [-0.2, 0) is 30.2 Å². The number of carbonyl (C=O) groups excluding carboxylic acids is 1. The summed E-state index contributed by atoms with van der Waals surface area (Å²) in [5, 5.41) is 2.92. The van der Waals surface area contributed by atoms with Gasteiger partial charge in [0, 0.05) is 27.2 Å². The van der Waals surface area contributed by atoms with E-state index in [2.05, 4.69) is 15.2 Å². The zero-order valence-electron chi connectivity index (χ0n) is 16.3. The van der Waals surface area contributed by atoms with Gasteiger partial charge in [-0.2, -0.15) is 0 Å². The molecule has 0 atom stereocenters. The molecule has 3 aromatic rings. The lowest BCUT2D eigenvalue weighted by molar-refractivity contribution is -0.116. The number of aromatic nitrogens is 4. The van der Waals surface area contributed by atoms with Gasteiger partial charge in [-0.3, -0.25) is 18.7 Å². The summed E-state index contributed by atoms with van der Waals surface area (Å²) in [6.07, 6.45) is 1.40. The van der Waals surface area contributed by atoms with E-state index >= 15 is 0 Å². The van der Waals surface area contributed by atoms with Crippen molar-refractivity contribution in [3.63, 3.8) is 0 Å². The van der Waals surface area contributed by atoms with E-state index in [0.717, 1.165) is 23.3 Å². The molecule has 0 spiro atoms. The van der Waals surface area contributed by atoms with Crippen LogP contribution in [0.5, 0.6) is 0 Å². The molecule has 10 nitrogen and oxygen atoms in total. The Balaban J connectivity index is 1.61. The molecular formula is C19H22N6O4. The van der Waals surface area contributed by atoms with Crippen LogP contribution in [0.15, 0.2) is 40.2 Å². The normalized spacial score (nSPS) is 14.3. The van der Waals surface area contributed by atoms with Crippen molar-refractivity contribution in [2.45, 2.75) is 6.54 Å². The smallest absolute Gasteiger partial charge is 0.332 e. The molecule has 1 fully saturated rings. The minimum Gasteiger partial charge on any atom is -0.378 e. The molecule has 29 heavy (non-hydrogen) atoms. The lowest BCUT2D eigenvalue weighted by Gasteiger charge is -2.30. The van der Waals surface area contributed by atoms with Crippen LogP contribution in [-0.4, -0.2) is 50.9 Å². The lowest BCUT2D eigenvalue weighted by Crippen LogP contribution is -2.38. The zero-order valence-corrected chi connectivity index (χ0v) is 16.3. The molecule has 0 bridgehead atoms. The molecule has 0 radical (unpaired) electrons. The number of hydrogen-bond donors (Lipinski definition) is 1. The highest BCUT2D eigenvalue weighted by atomic mass is 16.5. The number of benzene rings is 1. The molecule has 0 unspecified atom stereocenters. The van der Waals surface area contributed by atoms with Gasteiger partial charge in [0.2, 0.25) is 5.91 Å². The maximum absolute atomic E-state index is 12.7. The molecule has 1 N–H and O–H groups in total. The number of nitrogens with one attached hydrogen (secondary N) is 1. The third kappa shape index (κ3) is 3.42. The molecule has 10 heteroatoms. The fraction of sp³-hybridized carbons (Fsp3) is 0.368. The Hall–Kier alpha value is -3.40. The van der Waals surface area contributed by atoms with Gasteiger partial charge >= 0.3 is 5.69 Å². The van der Waals surface area contributed by atoms with Crippen molar-refractivity contribution in [3.8, 4) is 0 Å². The fourth-order valence-electron chi connectivity index (χ4n) is 3.52. The Morgan fingerprint density at radius 3 is 2.62 bits per heavy atom. The van der Waals surface area contributed by atoms with Gasteiger partial charge in [0.15, 0.2) is 11.2 Å². The monoisotopic (exact) mass is 398 g/mol. The van der Waals surface area contributed by atoms with E-state index in [9.17, 15) is 14.4 Å². The number of ether oxygens (including phenoxy) is 1. The number of aryl methyl sites for hydroxylation is 1. The van der Waals surface area contributed by atoms with E-state index in [4.69, 9.17) is 4.74 Å². The zero-order chi connectivity index (χ0) is 20.5. The summed E-state index contributed by atoms with van der Waals surface area (Å²) >= 11 is 0. The maximum atomic E-state index is 12.7. The molecule has 4 rings (SSSR count). The lowest BCUT2D eigenvalue weighted by atomic mass is 10.2. The fourth-order valence-corrected chi connectivity index (χ4v) is 3.52. The van der Waals surface area contributed by atoms with Crippen molar-refractivity contribution in [1.82, 2.24) is 18.7 Å². The third-order valence-corrected chi connectivity index (χ3v) is 5.06. The summed E-state index contributed by atoms with van der Waals surface area (Å²) in [7, 11) is 2.94. The molecule has 0 saturated carbocycles. The van der Waals surface area contributed by atoms with Crippen LogP contribution in [0.4, 0.5) is 11.4 Å². The third-order valence-electron chi connectivity index (χ3n) is 5.06. The first-order valence-corrected chi connectivity index (χ1v) is 9.30. The van der Waals surface area contributed by atoms with Crippen molar-refractivity contribution < 1.29 is 9.53 Å². The number of morpholine rings is 1. The number of hydrogen-bond acceptors (Lipinski definition) is 6. The van der Waals surface area contributed by atoms with Crippen molar-refractivity contribution in [2.75, 3.05) is 36.5 Å². The molecule has 1 aromatic carbocycles. The number of anilines is 2. The van der Waals surface area contributed by atoms with E-state index in [0.29, 0.717) is 18.9 Å². The predicted molar refractivity (Wildman–Crippen MR) is 108 cm³/mol. The Morgan fingerprint density at radius 1 is 1.14 bits per heavy atom. The summed E-state index contributed by atoms with van der Waals surface area (Å²) < 4.78 is 9.16. The number of nitrogens with zero attached hydrogens (tertiary/aromatic N) is 5. The van der Waals surface area contributed by atoms with Gasteiger partial charge in [-0.1, -0.05) is 12.1 Å². The second-order valence-corrected chi connectivity index (χ2v) is 6.92. The van der Waals surface area contributed by atoms with Gasteiger partial charge in [-0.05, 0) is 12.1 Å². The maximum Gasteiger partial charge on any atom is 0.332 e. The van der Waals surface area contributed by atoms with Crippen molar-refractivity contribution >= 4 is 28.4 Å². The highest BCUT2D eigenvalue weighted by Gasteiger charge is 2.18. The minimum absolute atomic E-state index is 0.0958. The standard InChI is InChI=1S/C19H22N6O4/c1-22-17-16(18(27)23(2)19(22)28)25(12-20-17)11-15(26)21-13-5-3-4-6-14(13)24-7-9-29-10-8-24/h3-6,12H,7-11H2,1-2H3,(H,21,26). The molecule has 2 aromatic heterocycles. The molecule has 0 aliphatic carbocycles. The highest BCUT2D eigenvalue weighted by molar-refractivity contribution is 5.94. The largest absolute Gasteiger partial charge is 0.378 e. The summed E-state index contributed by atoms with van der Waals surface area (Å²) in [5.41, 5.74) is 1.15. The van der Waals surface area contributed by atoms with Crippen LogP contribution in [0.25, 0.3) is 11.2 Å². The molecule has 3 heterocycles. The number of carbonyl (C=O) groups is 1. The first kappa shape index (κ1) is 18.9. The Bertz CT molecular complexity index is 1190. The Morgan fingerprint density at radius 2 is 1.86 bits per heavy atom. The number of amides is 1. The second kappa shape index (κ2) is 7.55. The van der Waals surface area contributed by atoms with E-state index in [-0.39, 0.29) is 23.6 Å². The number of para-hydroxylation sites is 2. The van der Waals surface area contributed by atoms with Crippen LogP contribution in [0, 0.1) is 0 Å². The summed E-state index contributed by atoms with van der Waals surface area (Å²) in [6.45, 7) is 2.70. The van der Waals surface area contributed by atoms with Crippen LogP contribution >= 0.6 is 0 Å². The van der Waals surface area contributed by atoms with E-state index in [1.165, 1.54) is 22.5 Å². The van der Waals surface area contributed by atoms with Gasteiger partial charge in [-0.25, -0.2) is 9.78 Å². The summed E-state index contributed by atoms with van der Waals surface area (Å²) in [5.74, 6) is -0.291. The Labute approximate surface area is 165 Å². The average molecular weight is 398 g/mol. The van der Waals surface area contributed by atoms with Crippen LogP contribution in [0.1, 0.15) is 0 Å². The number of rotatable bonds is 4. The van der Waals surface area contributed by atoms with Gasteiger partial charge in [0.05, 0.1) is 30.9 Å². The molecule has 1 saturated heterocycles. The van der Waals surface area contributed by atoms with Crippen molar-refractivity contribution in [2.24, 2.45) is 14.1 Å². The van der Waals surface area contributed by atoms with Gasteiger partial charge in [-0.15, -0.1) is 0 Å². The van der Waals surface area contributed by atoms with E-state index < -0.39 is 11.2 Å².